The number of hydrogen-bond acceptors (Lipinski definition) is 6. The average Bonchev–Trinajstić information content (AvgIpc) is 3.47. The van der Waals surface area contributed by atoms with Crippen LogP contribution in [-0.4, -0.2) is 20.4 Å². The Labute approximate surface area is 230 Å². The Kier molecular flexibility index (Phi) is 7.04. The van der Waals surface area contributed by atoms with Gasteiger partial charge >= 0.3 is 0 Å². The van der Waals surface area contributed by atoms with Gasteiger partial charge in [0, 0.05) is 35.6 Å². The van der Waals surface area contributed by atoms with Crippen molar-refractivity contribution in [1.29, 1.82) is 0 Å². The third-order valence-electron chi connectivity index (χ3n) is 6.43. The molecular weight excluding hydrogens is 509 g/mol. The van der Waals surface area contributed by atoms with Crippen molar-refractivity contribution in [2.45, 2.75) is 26.2 Å². The molecule has 0 bridgehead atoms. The number of hydrogen-bond donors (Lipinski definition) is 2. The van der Waals surface area contributed by atoms with E-state index in [0.717, 1.165) is 11.1 Å². The summed E-state index contributed by atoms with van der Waals surface area (Å²) in [6.07, 6.45) is 4.50. The Hall–Kier alpha value is -5.05. The summed E-state index contributed by atoms with van der Waals surface area (Å²) in [7, 11) is 1.56. The van der Waals surface area contributed by atoms with Gasteiger partial charge in [-0.05, 0) is 59.5 Å². The van der Waals surface area contributed by atoms with E-state index >= 15 is 4.39 Å². The summed E-state index contributed by atoms with van der Waals surface area (Å²) in [6.45, 7) is 6.27. The van der Waals surface area contributed by atoms with Crippen molar-refractivity contribution in [3.63, 3.8) is 0 Å². The third-order valence-corrected chi connectivity index (χ3v) is 6.43. The van der Waals surface area contributed by atoms with E-state index in [2.05, 4.69) is 41.4 Å². The van der Waals surface area contributed by atoms with Crippen molar-refractivity contribution in [1.82, 2.24) is 14.5 Å². The first-order valence-electron chi connectivity index (χ1n) is 12.7. The normalized spacial score (nSPS) is 11.3. The zero-order valence-electron chi connectivity index (χ0n) is 22.5. The average molecular weight is 538 g/mol. The molecule has 0 saturated heterocycles. The molecule has 1 amide bonds. The van der Waals surface area contributed by atoms with E-state index in [1.807, 2.05) is 12.1 Å². The molecule has 2 aromatic heterocycles. The highest BCUT2D eigenvalue weighted by molar-refractivity contribution is 6.04. The second kappa shape index (κ2) is 10.6. The van der Waals surface area contributed by atoms with Gasteiger partial charge in [-0.3, -0.25) is 9.59 Å². The number of nitrogens with zero attached hydrogens (tertiary/aromatic N) is 3. The maximum Gasteiger partial charge on any atom is 0.293 e. The molecule has 8 nitrogen and oxygen atoms in total. The van der Waals surface area contributed by atoms with Crippen LogP contribution in [0.1, 0.15) is 36.7 Å². The minimum atomic E-state index is -0.658. The molecule has 0 aliphatic carbocycles. The van der Waals surface area contributed by atoms with Gasteiger partial charge < -0.3 is 19.6 Å². The summed E-state index contributed by atoms with van der Waals surface area (Å²) in [4.78, 5) is 34.2. The molecule has 9 heteroatoms. The molecule has 0 radical (unpaired) electrons. The van der Waals surface area contributed by atoms with Crippen LogP contribution in [0.3, 0.4) is 0 Å². The minimum absolute atomic E-state index is 0.00897. The Morgan fingerprint density at radius 1 is 1.00 bits per heavy atom. The molecule has 0 aliphatic heterocycles. The Morgan fingerprint density at radius 3 is 2.38 bits per heavy atom. The van der Waals surface area contributed by atoms with Crippen molar-refractivity contribution in [3.05, 3.63) is 113 Å². The lowest BCUT2D eigenvalue weighted by Gasteiger charge is -2.19. The van der Waals surface area contributed by atoms with Crippen LogP contribution in [0.15, 0.2) is 94.6 Å². The first-order valence-corrected chi connectivity index (χ1v) is 12.7. The third kappa shape index (κ3) is 5.54. The van der Waals surface area contributed by atoms with Crippen LogP contribution in [0.4, 0.5) is 21.6 Å². The molecule has 0 saturated carbocycles. The maximum absolute atomic E-state index is 15.6. The predicted octanol–water partition coefficient (Wildman–Crippen LogP) is 6.53. The van der Waals surface area contributed by atoms with Crippen molar-refractivity contribution in [3.8, 4) is 22.7 Å². The molecule has 0 fully saturated rings. The predicted molar refractivity (Wildman–Crippen MR) is 153 cm³/mol. The van der Waals surface area contributed by atoms with E-state index < -0.39 is 11.7 Å². The molecule has 5 aromatic rings. The molecule has 40 heavy (non-hydrogen) atoms. The summed E-state index contributed by atoms with van der Waals surface area (Å²) in [6, 6.07) is 19.0. The molecule has 2 heterocycles. The van der Waals surface area contributed by atoms with Crippen LogP contribution in [0, 0.1) is 5.82 Å². The zero-order valence-corrected chi connectivity index (χ0v) is 22.5. The van der Waals surface area contributed by atoms with E-state index in [9.17, 15) is 9.59 Å². The maximum atomic E-state index is 15.6. The van der Waals surface area contributed by atoms with Gasteiger partial charge in [-0.2, -0.15) is 0 Å². The number of benzene rings is 3. The molecule has 0 spiro atoms. The molecule has 5 rings (SSSR count). The fourth-order valence-corrected chi connectivity index (χ4v) is 4.16. The number of nitrogens with one attached hydrogen (secondary N) is 2. The number of aromatic nitrogens is 3. The summed E-state index contributed by atoms with van der Waals surface area (Å²) in [5, 5.41) is 5.66. The van der Waals surface area contributed by atoms with E-state index in [1.165, 1.54) is 23.1 Å². The lowest BCUT2D eigenvalue weighted by Crippen LogP contribution is -2.21. The standard InChI is InChI=1S/C31H28FN5O3/c1-31(2,3)21-12-8-19(9-13-21)28(38)36-24-7-5-6-23(26(24)32)25-18-37(4)30(39)27(35-25)34-22-14-10-20(11-15-22)29-33-16-17-40-29/h5-18H,1-4H3,(H,34,35)(H,36,38). The number of rotatable bonds is 6. The summed E-state index contributed by atoms with van der Waals surface area (Å²) in [5.41, 5.74) is 2.83. The lowest BCUT2D eigenvalue weighted by molar-refractivity contribution is 0.102. The van der Waals surface area contributed by atoms with Crippen molar-refractivity contribution < 1.29 is 13.6 Å². The van der Waals surface area contributed by atoms with Gasteiger partial charge in [0.05, 0.1) is 17.6 Å². The van der Waals surface area contributed by atoms with E-state index in [1.54, 1.807) is 61.8 Å². The van der Waals surface area contributed by atoms with E-state index in [0.29, 0.717) is 17.1 Å². The fourth-order valence-electron chi connectivity index (χ4n) is 4.16. The topological polar surface area (TPSA) is 102 Å². The molecule has 0 aliphatic rings. The van der Waals surface area contributed by atoms with Gasteiger partial charge in [-0.25, -0.2) is 14.4 Å². The Balaban J connectivity index is 1.40. The number of halogens is 1. The number of oxazole rings is 1. The fraction of sp³-hybridized carbons (Fsp3) is 0.161. The van der Waals surface area contributed by atoms with Gasteiger partial charge in [0.2, 0.25) is 5.89 Å². The summed E-state index contributed by atoms with van der Waals surface area (Å²) < 4.78 is 22.3. The van der Waals surface area contributed by atoms with Crippen molar-refractivity contribution in [2.24, 2.45) is 7.05 Å². The highest BCUT2D eigenvalue weighted by atomic mass is 19.1. The van der Waals surface area contributed by atoms with Crippen LogP contribution < -0.4 is 16.2 Å². The van der Waals surface area contributed by atoms with Gasteiger partial charge in [0.25, 0.3) is 11.5 Å². The van der Waals surface area contributed by atoms with Crippen LogP contribution in [0.2, 0.25) is 0 Å². The lowest BCUT2D eigenvalue weighted by atomic mass is 9.87. The highest BCUT2D eigenvalue weighted by Crippen LogP contribution is 2.28. The number of carbonyl (C=O) groups excluding carboxylic acids is 1. The first kappa shape index (κ1) is 26.6. The molecule has 0 unspecified atom stereocenters. The Bertz CT molecular complexity index is 1720. The second-order valence-electron chi connectivity index (χ2n) is 10.4. The number of amides is 1. The second-order valence-corrected chi connectivity index (χ2v) is 10.4. The monoisotopic (exact) mass is 537 g/mol. The number of anilines is 3. The van der Waals surface area contributed by atoms with Crippen LogP contribution in [-0.2, 0) is 12.5 Å². The van der Waals surface area contributed by atoms with E-state index in [4.69, 9.17) is 4.42 Å². The summed E-state index contributed by atoms with van der Waals surface area (Å²) >= 11 is 0. The molecule has 3 aromatic carbocycles. The van der Waals surface area contributed by atoms with Crippen LogP contribution >= 0.6 is 0 Å². The number of aryl methyl sites for hydroxylation is 1. The smallest absolute Gasteiger partial charge is 0.293 e. The van der Waals surface area contributed by atoms with Gasteiger partial charge in [0.15, 0.2) is 11.6 Å². The molecular formula is C31H28FN5O3. The zero-order chi connectivity index (χ0) is 28.4. The molecule has 2 N–H and O–H groups in total. The van der Waals surface area contributed by atoms with Gasteiger partial charge in [-0.15, -0.1) is 0 Å². The molecule has 0 atom stereocenters. The summed E-state index contributed by atoms with van der Waals surface area (Å²) in [5.74, 6) is -0.585. The van der Waals surface area contributed by atoms with Gasteiger partial charge in [-0.1, -0.05) is 39.0 Å². The van der Waals surface area contributed by atoms with Crippen molar-refractivity contribution in [2.75, 3.05) is 10.6 Å². The SMILES string of the molecule is Cn1cc(-c2cccc(NC(=O)c3ccc(C(C)(C)C)cc3)c2F)nc(Nc2ccc(-c3ncco3)cc2)c1=O. The van der Waals surface area contributed by atoms with Crippen LogP contribution in [0.5, 0.6) is 0 Å². The largest absolute Gasteiger partial charge is 0.445 e. The molecule has 202 valence electrons. The van der Waals surface area contributed by atoms with Crippen LogP contribution in [0.25, 0.3) is 22.7 Å². The highest BCUT2D eigenvalue weighted by Gasteiger charge is 2.18. The Morgan fingerprint density at radius 2 is 1.73 bits per heavy atom. The number of carbonyl (C=O) groups is 1. The van der Waals surface area contributed by atoms with Crippen molar-refractivity contribution >= 4 is 23.1 Å². The minimum Gasteiger partial charge on any atom is -0.445 e. The first-order chi connectivity index (χ1) is 19.1. The van der Waals surface area contributed by atoms with Gasteiger partial charge in [0.1, 0.15) is 6.26 Å². The van der Waals surface area contributed by atoms with E-state index in [-0.39, 0.29) is 33.7 Å². The quantitative estimate of drug-likeness (QED) is 0.255.